The van der Waals surface area contributed by atoms with Crippen LogP contribution in [-0.4, -0.2) is 193 Å². The Morgan fingerprint density at radius 1 is 0.250 bits per heavy atom. The lowest BCUT2D eigenvalue weighted by Gasteiger charge is -2.26. The van der Waals surface area contributed by atoms with Crippen molar-refractivity contribution in [3.63, 3.8) is 0 Å². The van der Waals surface area contributed by atoms with Crippen LogP contribution in [0.3, 0.4) is 0 Å². The van der Waals surface area contributed by atoms with Crippen molar-refractivity contribution in [1.29, 1.82) is 0 Å². The number of aliphatic hydroxyl groups is 1. The lowest BCUT2D eigenvalue weighted by Crippen LogP contribution is -2.37. The minimum absolute atomic E-state index is 0.0435. The summed E-state index contributed by atoms with van der Waals surface area (Å²) in [6.45, 7) is 34.7. The van der Waals surface area contributed by atoms with Crippen molar-refractivity contribution in [2.45, 2.75) is 42.7 Å². The molecule has 0 aromatic rings. The summed E-state index contributed by atoms with van der Waals surface area (Å²) in [6, 6.07) is 0. The van der Waals surface area contributed by atoms with E-state index < -0.39 is 24.4 Å². The molecule has 0 amide bonds. The Morgan fingerprint density at radius 2 is 0.450 bits per heavy atom. The normalized spacial score (nSPS) is 14.9. The molecule has 0 aliphatic heterocycles. The molecule has 0 saturated heterocycles. The number of hydrogen-bond donors (Lipinski definition) is 1. The van der Waals surface area contributed by atoms with Gasteiger partial charge in [-0.2, -0.15) is 0 Å². The Bertz CT molecular complexity index is 1060. The summed E-state index contributed by atoms with van der Waals surface area (Å²) in [5, 5.41) is 10.3. The Hall–Kier alpha value is -2.68. The molecule has 0 radical (unpaired) electrons. The second-order valence-corrected chi connectivity index (χ2v) is 12.9. The van der Waals surface area contributed by atoms with E-state index in [0.29, 0.717) is 66.1 Å². The van der Waals surface area contributed by atoms with Crippen molar-refractivity contribution in [2.75, 3.05) is 145 Å². The first kappa shape index (κ1) is 57.3. The highest BCUT2D eigenvalue weighted by atomic mass is 16.6. The van der Waals surface area contributed by atoms with Crippen molar-refractivity contribution in [2.24, 2.45) is 0 Å². The van der Waals surface area contributed by atoms with Gasteiger partial charge in [0.1, 0.15) is 42.7 Å². The highest BCUT2D eigenvalue weighted by Crippen LogP contribution is 2.08. The molecular weight excluding hydrogens is 780 g/mol. The topological polar surface area (TPSA) is 149 Å². The molecule has 0 fully saturated rings. The van der Waals surface area contributed by atoms with E-state index in [1.54, 1.807) is 48.6 Å². The fourth-order valence-corrected chi connectivity index (χ4v) is 4.69. The van der Waals surface area contributed by atoms with Gasteiger partial charge >= 0.3 is 0 Å². The maximum atomic E-state index is 10.3. The van der Waals surface area contributed by atoms with E-state index in [4.69, 9.17) is 66.3 Å². The molecule has 15 heteroatoms. The molecule has 15 nitrogen and oxygen atoms in total. The van der Waals surface area contributed by atoms with E-state index >= 15 is 0 Å². The van der Waals surface area contributed by atoms with Crippen LogP contribution in [0.1, 0.15) is 0 Å². The van der Waals surface area contributed by atoms with E-state index in [9.17, 15) is 5.11 Å². The molecule has 0 aliphatic rings. The van der Waals surface area contributed by atoms with E-state index in [-0.39, 0.29) is 97.6 Å². The molecule has 0 aromatic heterocycles. The quantitative estimate of drug-likeness (QED) is 0.0685. The fraction of sp³-hybridized carbons (Fsp3) is 0.644. The van der Waals surface area contributed by atoms with Gasteiger partial charge in [0.15, 0.2) is 0 Å². The van der Waals surface area contributed by atoms with E-state index in [2.05, 4.69) is 52.6 Å². The molecule has 0 bridgehead atoms. The molecule has 60 heavy (non-hydrogen) atoms. The van der Waals surface area contributed by atoms with Gasteiger partial charge in [-0.25, -0.2) is 0 Å². The fourth-order valence-electron chi connectivity index (χ4n) is 4.69. The maximum Gasteiger partial charge on any atom is 0.105 e. The van der Waals surface area contributed by atoms with Gasteiger partial charge in [0.2, 0.25) is 0 Å². The third-order valence-corrected chi connectivity index (χ3v) is 7.54. The van der Waals surface area contributed by atoms with Gasteiger partial charge in [0.25, 0.3) is 0 Å². The van der Waals surface area contributed by atoms with Crippen molar-refractivity contribution in [3.8, 4) is 0 Å². The highest BCUT2D eigenvalue weighted by Gasteiger charge is 2.22. The van der Waals surface area contributed by atoms with Crippen LogP contribution in [0.5, 0.6) is 0 Å². The third-order valence-electron chi connectivity index (χ3n) is 7.54. The third kappa shape index (κ3) is 35.0. The van der Waals surface area contributed by atoms with Gasteiger partial charge in [-0.1, -0.05) is 48.6 Å². The van der Waals surface area contributed by atoms with Crippen LogP contribution in [0.2, 0.25) is 0 Å². The van der Waals surface area contributed by atoms with Gasteiger partial charge in [-0.15, -0.1) is 52.6 Å². The van der Waals surface area contributed by atoms with Gasteiger partial charge < -0.3 is 71.4 Å². The number of ether oxygens (including phenoxy) is 14. The summed E-state index contributed by atoms with van der Waals surface area (Å²) in [5.74, 6) is 0. The van der Waals surface area contributed by atoms with Crippen LogP contribution in [0.15, 0.2) is 101 Å². The maximum absolute atomic E-state index is 10.3. The molecule has 1 N–H and O–H groups in total. The van der Waals surface area contributed by atoms with E-state index in [1.807, 2.05) is 0 Å². The van der Waals surface area contributed by atoms with Gasteiger partial charge in [-0.3, -0.25) is 0 Å². The van der Waals surface area contributed by atoms with Crippen LogP contribution in [0, 0.1) is 0 Å². The summed E-state index contributed by atoms with van der Waals surface area (Å²) in [6.07, 6.45) is 10.0. The number of aliphatic hydroxyl groups excluding tert-OH is 1. The zero-order chi connectivity index (χ0) is 44.2. The lowest BCUT2D eigenvalue weighted by atomic mass is 10.3. The Morgan fingerprint density at radius 3 is 0.717 bits per heavy atom. The zero-order valence-electron chi connectivity index (χ0n) is 36.0. The summed E-state index contributed by atoms with van der Waals surface area (Å²) >= 11 is 0. The van der Waals surface area contributed by atoms with E-state index in [0.717, 1.165) is 0 Å². The van der Waals surface area contributed by atoms with Crippen LogP contribution in [-0.2, 0) is 66.3 Å². The van der Waals surface area contributed by atoms with Gasteiger partial charge in [0, 0.05) is 0 Å². The van der Waals surface area contributed by atoms with Gasteiger partial charge in [-0.05, 0) is 0 Å². The molecule has 0 spiro atoms. The predicted octanol–water partition coefficient (Wildman–Crippen LogP) is 4.28. The molecule has 7 atom stereocenters. The number of rotatable bonds is 50. The van der Waals surface area contributed by atoms with Crippen molar-refractivity contribution < 1.29 is 71.4 Å². The minimum Gasteiger partial charge on any atom is -0.394 e. The monoisotopic (exact) mass is 857 g/mol. The van der Waals surface area contributed by atoms with Crippen molar-refractivity contribution >= 4 is 0 Å². The van der Waals surface area contributed by atoms with E-state index in [1.165, 1.54) is 0 Å². The summed E-state index contributed by atoms with van der Waals surface area (Å²) < 4.78 is 82.4. The molecular formula is C45H76O15. The lowest BCUT2D eigenvalue weighted by molar-refractivity contribution is -0.141. The first-order chi connectivity index (χ1) is 29.4. The summed E-state index contributed by atoms with van der Waals surface area (Å²) in [5.41, 5.74) is 0. The molecule has 0 aromatic carbocycles. The Kier molecular flexibility index (Phi) is 42.4. The molecule has 346 valence electrons. The van der Waals surface area contributed by atoms with Gasteiger partial charge in [0.05, 0.1) is 145 Å². The SMILES string of the molecule is C=CCOCC(COCC(COCC(CO)OCC(COCC(COCC=C)OCC=C)OCC(COCC=C)OCC=C)OCC(COCC=C)OCC=C)OCC=C. The number of hydrogen-bond acceptors (Lipinski definition) is 15. The van der Waals surface area contributed by atoms with Crippen molar-refractivity contribution in [3.05, 3.63) is 101 Å². The molecule has 0 rings (SSSR count). The predicted molar refractivity (Wildman–Crippen MR) is 233 cm³/mol. The molecule has 7 unspecified atom stereocenters. The first-order valence-corrected chi connectivity index (χ1v) is 20.3. The zero-order valence-corrected chi connectivity index (χ0v) is 36.0. The standard InChI is InChI=1S/C45H76O15/c1-9-17-47-27-40(54-21-13-5)31-52-34-42(59-36-43(56-23-15-7)29-49-19-11-3)33-51-26-39(25-46)58-38-45(60-37-44(57-24-16-8)30-50-20-12-4)35-53-32-41(55-22-14-6)28-48-18-10-2/h9-16,39-46H,1-8,17-38H2. The second kappa shape index (κ2) is 44.4. The molecule has 0 aliphatic carbocycles. The Balaban J connectivity index is 5.70. The summed E-state index contributed by atoms with van der Waals surface area (Å²) in [7, 11) is 0. The largest absolute Gasteiger partial charge is 0.394 e. The highest BCUT2D eigenvalue weighted by molar-refractivity contribution is 4.74. The molecule has 0 saturated carbocycles. The average molecular weight is 857 g/mol. The van der Waals surface area contributed by atoms with Crippen LogP contribution >= 0.6 is 0 Å². The smallest absolute Gasteiger partial charge is 0.105 e. The average Bonchev–Trinajstić information content (AvgIpc) is 3.26. The second-order valence-electron chi connectivity index (χ2n) is 12.9. The van der Waals surface area contributed by atoms with Crippen molar-refractivity contribution in [1.82, 2.24) is 0 Å². The first-order valence-electron chi connectivity index (χ1n) is 20.3. The minimum atomic E-state index is -0.702. The summed E-state index contributed by atoms with van der Waals surface area (Å²) in [4.78, 5) is 0. The Labute approximate surface area is 360 Å². The van der Waals surface area contributed by atoms with Crippen LogP contribution in [0.25, 0.3) is 0 Å². The van der Waals surface area contributed by atoms with Crippen LogP contribution in [0.4, 0.5) is 0 Å². The molecule has 0 heterocycles. The van der Waals surface area contributed by atoms with Crippen LogP contribution < -0.4 is 0 Å².